The van der Waals surface area contributed by atoms with Crippen LogP contribution in [0.3, 0.4) is 0 Å². The summed E-state index contributed by atoms with van der Waals surface area (Å²) in [6, 6.07) is 13.6. The number of hydrogen-bond acceptors (Lipinski definition) is 4. The fraction of sp³-hybridized carbons (Fsp3) is 0.158. The molecule has 0 spiro atoms. The number of halogens is 1. The molecule has 1 heterocycles. The van der Waals surface area contributed by atoms with Crippen LogP contribution in [0.25, 0.3) is 10.6 Å². The summed E-state index contributed by atoms with van der Waals surface area (Å²) in [4.78, 5) is 17.5. The summed E-state index contributed by atoms with van der Waals surface area (Å²) in [5.41, 5.74) is 3.12. The lowest BCUT2D eigenvalue weighted by molar-refractivity contribution is 0.103. The van der Waals surface area contributed by atoms with Crippen molar-refractivity contribution in [3.05, 3.63) is 70.5 Å². The Kier molecular flexibility index (Phi) is 5.21. The highest BCUT2D eigenvalue weighted by molar-refractivity contribution is 7.17. The van der Waals surface area contributed by atoms with Crippen LogP contribution >= 0.6 is 11.3 Å². The van der Waals surface area contributed by atoms with E-state index >= 15 is 0 Å². The number of nitrogens with zero attached hydrogens (tertiary/aromatic N) is 1. The Morgan fingerprint density at radius 2 is 2.00 bits per heavy atom. The van der Waals surface area contributed by atoms with E-state index in [1.807, 2.05) is 24.3 Å². The van der Waals surface area contributed by atoms with Crippen molar-refractivity contribution >= 4 is 22.9 Å². The molecule has 0 aliphatic carbocycles. The maximum atomic E-state index is 13.1. The highest BCUT2D eigenvalue weighted by Gasteiger charge is 2.16. The van der Waals surface area contributed by atoms with Crippen molar-refractivity contribution in [3.8, 4) is 10.6 Å². The lowest BCUT2D eigenvalue weighted by Crippen LogP contribution is -2.11. The largest absolute Gasteiger partial charge is 0.380 e. The summed E-state index contributed by atoms with van der Waals surface area (Å²) in [7, 11) is 1.63. The van der Waals surface area contributed by atoms with E-state index in [0.717, 1.165) is 11.1 Å². The van der Waals surface area contributed by atoms with Crippen LogP contribution in [0.4, 0.5) is 10.1 Å². The lowest BCUT2D eigenvalue weighted by Gasteiger charge is -2.06. The Bertz CT molecular complexity index is 891. The molecule has 2 aromatic carbocycles. The zero-order chi connectivity index (χ0) is 17.8. The van der Waals surface area contributed by atoms with Crippen molar-refractivity contribution < 1.29 is 13.9 Å². The van der Waals surface area contributed by atoms with Gasteiger partial charge in [-0.15, -0.1) is 11.3 Å². The predicted octanol–water partition coefficient (Wildman–Crippen LogP) is 4.66. The van der Waals surface area contributed by atoms with E-state index in [4.69, 9.17) is 4.74 Å². The second-order valence-corrected chi connectivity index (χ2v) is 6.53. The number of benzene rings is 2. The Hall–Kier alpha value is -2.57. The number of thiazole rings is 1. The first-order valence-corrected chi connectivity index (χ1v) is 8.51. The Morgan fingerprint density at radius 3 is 2.72 bits per heavy atom. The number of carbonyl (C=O) groups is 1. The van der Waals surface area contributed by atoms with Crippen LogP contribution in [0.2, 0.25) is 0 Å². The lowest BCUT2D eigenvalue weighted by atomic mass is 10.2. The molecule has 1 N–H and O–H groups in total. The first-order valence-electron chi connectivity index (χ1n) is 7.69. The molecule has 0 saturated carbocycles. The monoisotopic (exact) mass is 356 g/mol. The van der Waals surface area contributed by atoms with Gasteiger partial charge in [-0.25, -0.2) is 9.37 Å². The zero-order valence-corrected chi connectivity index (χ0v) is 14.7. The molecule has 0 fully saturated rings. The summed E-state index contributed by atoms with van der Waals surface area (Å²) in [6.45, 7) is 2.28. The van der Waals surface area contributed by atoms with Crippen LogP contribution in [-0.2, 0) is 11.3 Å². The molecule has 0 bridgehead atoms. The van der Waals surface area contributed by atoms with Crippen LogP contribution in [0.15, 0.2) is 48.5 Å². The summed E-state index contributed by atoms with van der Waals surface area (Å²) < 4.78 is 18.2. The molecule has 0 saturated heterocycles. The van der Waals surface area contributed by atoms with Crippen LogP contribution in [0, 0.1) is 12.7 Å². The second-order valence-electron chi connectivity index (χ2n) is 5.53. The van der Waals surface area contributed by atoms with Gasteiger partial charge in [-0.2, -0.15) is 0 Å². The molecule has 0 atom stereocenters. The van der Waals surface area contributed by atoms with Crippen molar-refractivity contribution in [2.24, 2.45) is 0 Å². The van der Waals surface area contributed by atoms with Gasteiger partial charge >= 0.3 is 0 Å². The molecule has 0 radical (unpaired) electrons. The standard InChI is InChI=1S/C19H17FN2O2S/c1-12-17(25-19(21-12)14-6-8-15(20)9-7-14)18(23)22-16-5-3-4-13(10-16)11-24-2/h3-10H,11H2,1-2H3,(H,22,23). The van der Waals surface area contributed by atoms with E-state index in [2.05, 4.69) is 10.3 Å². The molecule has 0 aliphatic heterocycles. The van der Waals surface area contributed by atoms with E-state index in [9.17, 15) is 9.18 Å². The van der Waals surface area contributed by atoms with Crippen LogP contribution in [0.1, 0.15) is 20.9 Å². The van der Waals surface area contributed by atoms with Gasteiger partial charge in [-0.05, 0) is 48.9 Å². The van der Waals surface area contributed by atoms with Crippen LogP contribution < -0.4 is 5.32 Å². The first-order chi connectivity index (χ1) is 12.1. The molecule has 3 rings (SSSR count). The summed E-state index contributed by atoms with van der Waals surface area (Å²) in [5, 5.41) is 3.58. The predicted molar refractivity (Wildman–Crippen MR) is 97.4 cm³/mol. The number of aromatic nitrogens is 1. The van der Waals surface area contributed by atoms with Crippen molar-refractivity contribution in [2.75, 3.05) is 12.4 Å². The number of carbonyl (C=O) groups excluding carboxylic acids is 1. The molecule has 6 heteroatoms. The number of nitrogens with one attached hydrogen (secondary N) is 1. The second kappa shape index (κ2) is 7.55. The van der Waals surface area contributed by atoms with Gasteiger partial charge in [-0.3, -0.25) is 4.79 Å². The topological polar surface area (TPSA) is 51.2 Å². The van der Waals surface area contributed by atoms with Crippen molar-refractivity contribution in [2.45, 2.75) is 13.5 Å². The van der Waals surface area contributed by atoms with Gasteiger partial charge in [0.15, 0.2) is 0 Å². The molecular formula is C19H17FN2O2S. The SMILES string of the molecule is COCc1cccc(NC(=O)c2sc(-c3ccc(F)cc3)nc2C)c1. The molecule has 1 amide bonds. The number of hydrogen-bond donors (Lipinski definition) is 1. The van der Waals surface area contributed by atoms with Crippen LogP contribution in [0.5, 0.6) is 0 Å². The average Bonchev–Trinajstić information content (AvgIpc) is 2.98. The maximum absolute atomic E-state index is 13.1. The number of rotatable bonds is 5. The van der Waals surface area contributed by atoms with Gasteiger partial charge in [-0.1, -0.05) is 12.1 Å². The smallest absolute Gasteiger partial charge is 0.267 e. The Balaban J connectivity index is 1.81. The molecular weight excluding hydrogens is 339 g/mol. The summed E-state index contributed by atoms with van der Waals surface area (Å²) in [6.07, 6.45) is 0. The van der Waals surface area contributed by atoms with Gasteiger partial charge in [0.2, 0.25) is 0 Å². The minimum atomic E-state index is -0.300. The highest BCUT2D eigenvalue weighted by Crippen LogP contribution is 2.28. The van der Waals surface area contributed by atoms with E-state index in [-0.39, 0.29) is 11.7 Å². The van der Waals surface area contributed by atoms with E-state index in [0.29, 0.717) is 27.9 Å². The number of anilines is 1. The fourth-order valence-corrected chi connectivity index (χ4v) is 3.38. The molecule has 1 aromatic heterocycles. The van der Waals surface area contributed by atoms with E-state index in [1.165, 1.54) is 23.5 Å². The fourth-order valence-electron chi connectivity index (χ4n) is 2.42. The maximum Gasteiger partial charge on any atom is 0.267 e. The number of amides is 1. The first kappa shape index (κ1) is 17.3. The minimum Gasteiger partial charge on any atom is -0.380 e. The van der Waals surface area contributed by atoms with Gasteiger partial charge < -0.3 is 10.1 Å². The van der Waals surface area contributed by atoms with Gasteiger partial charge in [0.05, 0.1) is 12.3 Å². The quantitative estimate of drug-likeness (QED) is 0.723. The highest BCUT2D eigenvalue weighted by atomic mass is 32.1. The Labute approximate surface area is 149 Å². The van der Waals surface area contributed by atoms with Gasteiger partial charge in [0.1, 0.15) is 15.7 Å². The van der Waals surface area contributed by atoms with Crippen molar-refractivity contribution in [1.82, 2.24) is 4.98 Å². The van der Waals surface area contributed by atoms with E-state index in [1.54, 1.807) is 26.2 Å². The summed E-state index contributed by atoms with van der Waals surface area (Å²) >= 11 is 1.29. The molecule has 3 aromatic rings. The summed E-state index contributed by atoms with van der Waals surface area (Å²) in [5.74, 6) is -0.510. The molecule has 0 aliphatic rings. The number of ether oxygens (including phenoxy) is 1. The third-order valence-electron chi connectivity index (χ3n) is 3.59. The van der Waals surface area contributed by atoms with E-state index < -0.39 is 0 Å². The minimum absolute atomic E-state index is 0.210. The normalized spacial score (nSPS) is 10.7. The average molecular weight is 356 g/mol. The Morgan fingerprint density at radius 1 is 1.24 bits per heavy atom. The molecule has 25 heavy (non-hydrogen) atoms. The molecule has 4 nitrogen and oxygen atoms in total. The van der Waals surface area contributed by atoms with Gasteiger partial charge in [0, 0.05) is 18.4 Å². The third kappa shape index (κ3) is 4.10. The number of methoxy groups -OCH3 is 1. The van der Waals surface area contributed by atoms with Crippen molar-refractivity contribution in [3.63, 3.8) is 0 Å². The van der Waals surface area contributed by atoms with Gasteiger partial charge in [0.25, 0.3) is 5.91 Å². The van der Waals surface area contributed by atoms with Crippen molar-refractivity contribution in [1.29, 1.82) is 0 Å². The molecule has 0 unspecified atom stereocenters. The zero-order valence-electron chi connectivity index (χ0n) is 13.9. The number of aryl methyl sites for hydroxylation is 1. The third-order valence-corrected chi connectivity index (χ3v) is 4.80. The molecule has 128 valence electrons. The van der Waals surface area contributed by atoms with Crippen LogP contribution in [-0.4, -0.2) is 18.0 Å².